The van der Waals surface area contributed by atoms with Crippen LogP contribution >= 0.6 is 0 Å². The maximum atomic E-state index is 13.9. The number of carbonyl (C=O) groups is 2. The Morgan fingerprint density at radius 2 is 1.80 bits per heavy atom. The molecule has 0 saturated heterocycles. The minimum absolute atomic E-state index is 0.0381. The molecule has 2 aliphatic rings. The van der Waals surface area contributed by atoms with Gasteiger partial charge in [0.25, 0.3) is 5.91 Å². The molecule has 6 nitrogen and oxygen atoms in total. The number of amides is 2. The number of furan rings is 1. The van der Waals surface area contributed by atoms with Gasteiger partial charge >= 0.3 is 0 Å². The van der Waals surface area contributed by atoms with Crippen molar-refractivity contribution in [2.75, 3.05) is 6.54 Å². The zero-order valence-electron chi connectivity index (χ0n) is 21.0. The van der Waals surface area contributed by atoms with Crippen molar-refractivity contribution in [3.63, 3.8) is 0 Å². The number of benzene rings is 1. The van der Waals surface area contributed by atoms with Crippen LogP contribution in [0.15, 0.2) is 46.9 Å². The van der Waals surface area contributed by atoms with E-state index in [0.29, 0.717) is 24.4 Å². The first-order valence-electron chi connectivity index (χ1n) is 13.2. The SMILES string of the molecule is Cc1cc2c(cc3n2C[C@](C)(C(=O)NC2CCCCCCC2)N(CCCc2ccccc2)C3=O)o1. The topological polar surface area (TPSA) is 67.5 Å². The summed E-state index contributed by atoms with van der Waals surface area (Å²) in [6.45, 7) is 4.82. The molecule has 1 saturated carbocycles. The number of rotatable bonds is 6. The number of carbonyl (C=O) groups excluding carboxylic acids is 2. The van der Waals surface area contributed by atoms with Crippen LogP contribution in [0.2, 0.25) is 0 Å². The highest BCUT2D eigenvalue weighted by Crippen LogP contribution is 2.34. The van der Waals surface area contributed by atoms with Crippen LogP contribution in [0.25, 0.3) is 11.1 Å². The number of aryl methyl sites for hydroxylation is 2. The number of hydrogen-bond acceptors (Lipinski definition) is 3. The fourth-order valence-corrected chi connectivity index (χ4v) is 5.84. The van der Waals surface area contributed by atoms with Crippen LogP contribution in [-0.2, 0) is 17.8 Å². The average Bonchev–Trinajstić information content (AvgIpc) is 3.35. The molecule has 186 valence electrons. The van der Waals surface area contributed by atoms with Gasteiger partial charge in [-0.1, -0.05) is 62.4 Å². The average molecular weight is 476 g/mol. The second kappa shape index (κ2) is 9.92. The van der Waals surface area contributed by atoms with E-state index >= 15 is 0 Å². The van der Waals surface area contributed by atoms with Gasteiger partial charge in [0.15, 0.2) is 5.58 Å². The number of nitrogens with zero attached hydrogens (tertiary/aromatic N) is 2. The van der Waals surface area contributed by atoms with E-state index in [-0.39, 0.29) is 17.9 Å². The molecule has 3 aromatic rings. The molecule has 1 aliphatic heterocycles. The molecule has 6 heteroatoms. The van der Waals surface area contributed by atoms with E-state index in [1.54, 1.807) is 0 Å². The summed E-state index contributed by atoms with van der Waals surface area (Å²) in [5.74, 6) is 0.677. The van der Waals surface area contributed by atoms with Crippen LogP contribution < -0.4 is 5.32 Å². The number of fused-ring (bicyclic) bond motifs is 3. The van der Waals surface area contributed by atoms with Crippen molar-refractivity contribution in [3.8, 4) is 0 Å². The highest BCUT2D eigenvalue weighted by atomic mass is 16.3. The quantitative estimate of drug-likeness (QED) is 0.503. The van der Waals surface area contributed by atoms with Crippen LogP contribution in [0, 0.1) is 6.92 Å². The Hall–Kier alpha value is -3.02. The van der Waals surface area contributed by atoms with Gasteiger partial charge in [-0.05, 0) is 45.1 Å². The predicted octanol–water partition coefficient (Wildman–Crippen LogP) is 5.62. The van der Waals surface area contributed by atoms with Crippen LogP contribution in [0.5, 0.6) is 0 Å². The molecule has 5 rings (SSSR count). The van der Waals surface area contributed by atoms with E-state index in [0.717, 1.165) is 49.8 Å². The van der Waals surface area contributed by atoms with E-state index < -0.39 is 5.54 Å². The van der Waals surface area contributed by atoms with Crippen LogP contribution in [0.1, 0.15) is 80.1 Å². The van der Waals surface area contributed by atoms with Gasteiger partial charge in [0, 0.05) is 24.7 Å². The number of nitrogens with one attached hydrogen (secondary N) is 1. The monoisotopic (exact) mass is 475 g/mol. The van der Waals surface area contributed by atoms with Crippen molar-refractivity contribution < 1.29 is 14.0 Å². The summed E-state index contributed by atoms with van der Waals surface area (Å²) < 4.78 is 7.81. The lowest BCUT2D eigenvalue weighted by molar-refractivity contribution is -0.133. The zero-order chi connectivity index (χ0) is 24.4. The Labute approximate surface area is 207 Å². The summed E-state index contributed by atoms with van der Waals surface area (Å²) in [5.41, 5.74) is 2.49. The molecule has 1 aliphatic carbocycles. The fraction of sp³-hybridized carbons (Fsp3) is 0.517. The molecule has 1 aromatic carbocycles. The molecule has 35 heavy (non-hydrogen) atoms. The Balaban J connectivity index is 1.42. The van der Waals surface area contributed by atoms with E-state index in [2.05, 4.69) is 17.4 Å². The molecule has 2 aromatic heterocycles. The van der Waals surface area contributed by atoms with Crippen molar-refractivity contribution in [1.29, 1.82) is 0 Å². The summed E-state index contributed by atoms with van der Waals surface area (Å²) in [7, 11) is 0. The lowest BCUT2D eigenvalue weighted by Gasteiger charge is -2.44. The molecule has 1 N–H and O–H groups in total. The van der Waals surface area contributed by atoms with Gasteiger partial charge in [-0.25, -0.2) is 0 Å². The summed E-state index contributed by atoms with van der Waals surface area (Å²) in [6, 6.07) is 14.3. The molecule has 0 radical (unpaired) electrons. The van der Waals surface area contributed by atoms with Gasteiger partial charge < -0.3 is 19.2 Å². The van der Waals surface area contributed by atoms with Gasteiger partial charge in [-0.2, -0.15) is 0 Å². The van der Waals surface area contributed by atoms with Gasteiger partial charge in [-0.15, -0.1) is 0 Å². The van der Waals surface area contributed by atoms with Crippen molar-refractivity contribution >= 4 is 22.9 Å². The molecular weight excluding hydrogens is 438 g/mol. The van der Waals surface area contributed by atoms with E-state index in [4.69, 9.17) is 4.42 Å². The maximum Gasteiger partial charge on any atom is 0.271 e. The summed E-state index contributed by atoms with van der Waals surface area (Å²) in [5, 5.41) is 3.36. The lowest BCUT2D eigenvalue weighted by Crippen LogP contribution is -2.65. The van der Waals surface area contributed by atoms with E-state index in [1.807, 2.05) is 53.6 Å². The number of hydrogen-bond donors (Lipinski definition) is 1. The second-order valence-corrected chi connectivity index (χ2v) is 10.6. The van der Waals surface area contributed by atoms with Crippen LogP contribution in [0.4, 0.5) is 0 Å². The highest BCUT2D eigenvalue weighted by molar-refractivity contribution is 6.03. The van der Waals surface area contributed by atoms with E-state index in [1.165, 1.54) is 24.8 Å². The van der Waals surface area contributed by atoms with Crippen molar-refractivity contribution in [2.24, 2.45) is 0 Å². The summed E-state index contributed by atoms with van der Waals surface area (Å²) in [6.07, 6.45) is 9.77. The molecule has 1 atom stereocenters. The first-order valence-corrected chi connectivity index (χ1v) is 13.2. The van der Waals surface area contributed by atoms with Gasteiger partial charge in [-0.3, -0.25) is 9.59 Å². The molecule has 0 unspecified atom stereocenters. The molecule has 0 bridgehead atoms. The Kier molecular flexibility index (Phi) is 6.72. The predicted molar refractivity (Wildman–Crippen MR) is 137 cm³/mol. The highest BCUT2D eigenvalue weighted by Gasteiger charge is 2.48. The fourth-order valence-electron chi connectivity index (χ4n) is 5.84. The molecule has 2 amide bonds. The summed E-state index contributed by atoms with van der Waals surface area (Å²) >= 11 is 0. The summed E-state index contributed by atoms with van der Waals surface area (Å²) in [4.78, 5) is 29.5. The molecule has 3 heterocycles. The van der Waals surface area contributed by atoms with Crippen molar-refractivity contribution in [3.05, 3.63) is 59.5 Å². The van der Waals surface area contributed by atoms with Gasteiger partial charge in [0.05, 0.1) is 12.1 Å². The van der Waals surface area contributed by atoms with Crippen molar-refractivity contribution in [1.82, 2.24) is 14.8 Å². The molecular formula is C29H37N3O3. The molecule has 0 spiro atoms. The minimum atomic E-state index is -0.958. The first-order chi connectivity index (χ1) is 17.0. The minimum Gasteiger partial charge on any atom is -0.460 e. The van der Waals surface area contributed by atoms with Crippen LogP contribution in [0.3, 0.4) is 0 Å². The van der Waals surface area contributed by atoms with Crippen LogP contribution in [-0.4, -0.2) is 39.4 Å². The molecule has 1 fully saturated rings. The zero-order valence-corrected chi connectivity index (χ0v) is 21.0. The van der Waals surface area contributed by atoms with Gasteiger partial charge in [0.2, 0.25) is 5.91 Å². The third-order valence-corrected chi connectivity index (χ3v) is 7.86. The maximum absolute atomic E-state index is 13.9. The van der Waals surface area contributed by atoms with Gasteiger partial charge in [0.1, 0.15) is 17.0 Å². The largest absolute Gasteiger partial charge is 0.460 e. The Morgan fingerprint density at radius 3 is 2.54 bits per heavy atom. The Morgan fingerprint density at radius 1 is 1.09 bits per heavy atom. The second-order valence-electron chi connectivity index (χ2n) is 10.6. The standard InChI is InChI=1S/C29H37N3O3/c1-21-18-24-26(35-21)19-25-27(33)32(17-11-14-22-12-7-6-8-13-22)29(2,20-31(24)25)28(34)30-23-15-9-4-3-5-10-16-23/h6-8,12-13,18-19,23H,3-5,9-11,14-17,20H2,1-2H3,(H,30,34)/t29-/m1/s1. The lowest BCUT2D eigenvalue weighted by atomic mass is 9.91. The van der Waals surface area contributed by atoms with Crippen molar-refractivity contribution in [2.45, 2.75) is 89.8 Å². The van der Waals surface area contributed by atoms with E-state index in [9.17, 15) is 9.59 Å². The smallest absolute Gasteiger partial charge is 0.271 e. The number of aromatic nitrogens is 1. The first kappa shape index (κ1) is 23.7. The third-order valence-electron chi connectivity index (χ3n) is 7.86. The Bertz CT molecular complexity index is 1190. The normalized spacial score (nSPS) is 21.5. The third kappa shape index (κ3) is 4.75.